The van der Waals surface area contributed by atoms with Crippen molar-refractivity contribution in [1.29, 1.82) is 0 Å². The van der Waals surface area contributed by atoms with Crippen molar-refractivity contribution in [3.8, 4) is 0 Å². The van der Waals surface area contributed by atoms with Gasteiger partial charge in [-0.05, 0) is 20.8 Å². The van der Waals surface area contributed by atoms with Crippen LogP contribution in [0.2, 0.25) is 0 Å². The molecule has 2 heterocycles. The van der Waals surface area contributed by atoms with Crippen LogP contribution in [0.3, 0.4) is 0 Å². The van der Waals surface area contributed by atoms with Gasteiger partial charge in [-0.1, -0.05) is 0 Å². The number of hydrogen-bond donors (Lipinski definition) is 1. The van der Waals surface area contributed by atoms with E-state index >= 15 is 0 Å². The van der Waals surface area contributed by atoms with E-state index in [1.165, 1.54) is 0 Å². The van der Waals surface area contributed by atoms with Gasteiger partial charge in [-0.15, -0.1) is 0 Å². The molecule has 0 aliphatic carbocycles. The SMILES string of the molecule is CNc1nc(COCCOC(C)(C)C)nc2c1cnn2C. The molecule has 0 bridgehead atoms. The van der Waals surface area contributed by atoms with E-state index in [9.17, 15) is 0 Å². The maximum atomic E-state index is 5.60. The summed E-state index contributed by atoms with van der Waals surface area (Å²) in [6, 6.07) is 0. The van der Waals surface area contributed by atoms with Gasteiger partial charge in [0.15, 0.2) is 11.5 Å². The van der Waals surface area contributed by atoms with Crippen LogP contribution in [0.25, 0.3) is 11.0 Å². The van der Waals surface area contributed by atoms with Gasteiger partial charge >= 0.3 is 0 Å². The van der Waals surface area contributed by atoms with Crippen LogP contribution in [0.15, 0.2) is 6.20 Å². The Balaban J connectivity index is 1.97. The molecule has 7 nitrogen and oxygen atoms in total. The molecule has 2 aromatic heterocycles. The van der Waals surface area contributed by atoms with Gasteiger partial charge in [-0.25, -0.2) is 9.97 Å². The Morgan fingerprint density at radius 1 is 1.24 bits per heavy atom. The van der Waals surface area contributed by atoms with Gasteiger partial charge in [-0.2, -0.15) is 5.10 Å². The molecule has 116 valence electrons. The van der Waals surface area contributed by atoms with Gasteiger partial charge in [0.25, 0.3) is 0 Å². The van der Waals surface area contributed by atoms with Gasteiger partial charge < -0.3 is 14.8 Å². The molecule has 2 rings (SSSR count). The fourth-order valence-electron chi connectivity index (χ4n) is 1.89. The molecule has 0 aliphatic rings. The molecule has 2 aromatic rings. The van der Waals surface area contributed by atoms with Gasteiger partial charge in [-0.3, -0.25) is 4.68 Å². The summed E-state index contributed by atoms with van der Waals surface area (Å²) in [5, 5.41) is 8.16. The molecule has 0 saturated heterocycles. The highest BCUT2D eigenvalue weighted by Gasteiger charge is 2.11. The third-order valence-corrected chi connectivity index (χ3v) is 2.87. The molecule has 0 spiro atoms. The van der Waals surface area contributed by atoms with Crippen LogP contribution >= 0.6 is 0 Å². The Kier molecular flexibility index (Phi) is 4.74. The predicted octanol–water partition coefficient (Wildman–Crippen LogP) is 1.74. The van der Waals surface area contributed by atoms with Crippen molar-refractivity contribution in [1.82, 2.24) is 19.7 Å². The van der Waals surface area contributed by atoms with Crippen molar-refractivity contribution in [2.45, 2.75) is 33.0 Å². The number of fused-ring (bicyclic) bond motifs is 1. The zero-order chi connectivity index (χ0) is 15.5. The van der Waals surface area contributed by atoms with Gasteiger partial charge in [0.2, 0.25) is 0 Å². The van der Waals surface area contributed by atoms with E-state index in [1.54, 1.807) is 10.9 Å². The van der Waals surface area contributed by atoms with Gasteiger partial charge in [0, 0.05) is 14.1 Å². The van der Waals surface area contributed by atoms with E-state index in [2.05, 4.69) is 20.4 Å². The third kappa shape index (κ3) is 4.12. The minimum Gasteiger partial charge on any atom is -0.373 e. The quantitative estimate of drug-likeness (QED) is 0.818. The number of ether oxygens (including phenoxy) is 2. The second-order valence-corrected chi connectivity index (χ2v) is 5.76. The lowest BCUT2D eigenvalue weighted by atomic mass is 10.2. The Morgan fingerprint density at radius 3 is 2.67 bits per heavy atom. The van der Waals surface area contributed by atoms with Crippen molar-refractivity contribution in [3.63, 3.8) is 0 Å². The number of nitrogens with one attached hydrogen (secondary N) is 1. The first-order valence-corrected chi connectivity index (χ1v) is 6.99. The van der Waals surface area contributed by atoms with Crippen molar-refractivity contribution in [3.05, 3.63) is 12.0 Å². The van der Waals surface area contributed by atoms with E-state index in [4.69, 9.17) is 9.47 Å². The summed E-state index contributed by atoms with van der Waals surface area (Å²) in [5.41, 5.74) is 0.645. The zero-order valence-corrected chi connectivity index (χ0v) is 13.3. The molecule has 7 heteroatoms. The largest absolute Gasteiger partial charge is 0.373 e. The third-order valence-electron chi connectivity index (χ3n) is 2.87. The maximum Gasteiger partial charge on any atom is 0.163 e. The van der Waals surface area contributed by atoms with Crippen molar-refractivity contribution in [2.24, 2.45) is 7.05 Å². The minimum absolute atomic E-state index is 0.146. The number of anilines is 1. The van der Waals surface area contributed by atoms with Crippen LogP contribution in [0, 0.1) is 0 Å². The van der Waals surface area contributed by atoms with Crippen LogP contribution in [0.1, 0.15) is 26.6 Å². The smallest absolute Gasteiger partial charge is 0.163 e. The van der Waals surface area contributed by atoms with E-state index in [1.807, 2.05) is 34.9 Å². The second-order valence-electron chi connectivity index (χ2n) is 5.76. The first-order valence-electron chi connectivity index (χ1n) is 6.99. The van der Waals surface area contributed by atoms with E-state index in [0.29, 0.717) is 25.6 Å². The molecular weight excluding hydrogens is 270 g/mol. The highest BCUT2D eigenvalue weighted by Crippen LogP contribution is 2.19. The van der Waals surface area contributed by atoms with Crippen LogP contribution in [-0.2, 0) is 23.1 Å². The Morgan fingerprint density at radius 2 is 2.00 bits per heavy atom. The first kappa shape index (κ1) is 15.7. The van der Waals surface area contributed by atoms with Crippen LogP contribution < -0.4 is 5.32 Å². The lowest BCUT2D eigenvalue weighted by Gasteiger charge is -2.19. The molecule has 0 fully saturated rings. The number of hydrogen-bond acceptors (Lipinski definition) is 6. The minimum atomic E-state index is -0.146. The molecule has 1 N–H and O–H groups in total. The second kappa shape index (κ2) is 6.36. The molecule has 0 unspecified atom stereocenters. The first-order chi connectivity index (χ1) is 9.90. The standard InChI is InChI=1S/C14H23N5O2/c1-14(2,3)21-7-6-20-9-11-17-12(15-4)10-8-16-19(5)13(10)18-11/h8H,6-7,9H2,1-5H3,(H,15,17,18). The van der Waals surface area contributed by atoms with Gasteiger partial charge in [0.05, 0.1) is 30.4 Å². The summed E-state index contributed by atoms with van der Waals surface area (Å²) in [6.07, 6.45) is 1.75. The fourth-order valence-corrected chi connectivity index (χ4v) is 1.89. The molecule has 0 atom stereocenters. The maximum absolute atomic E-state index is 5.60. The molecular formula is C14H23N5O2. The van der Waals surface area contributed by atoms with Crippen LogP contribution in [0.5, 0.6) is 0 Å². The number of nitrogens with zero attached hydrogens (tertiary/aromatic N) is 4. The molecule has 0 amide bonds. The van der Waals surface area contributed by atoms with E-state index in [0.717, 1.165) is 16.9 Å². The highest BCUT2D eigenvalue weighted by molar-refractivity contribution is 5.86. The summed E-state index contributed by atoms with van der Waals surface area (Å²) in [6.45, 7) is 7.47. The summed E-state index contributed by atoms with van der Waals surface area (Å²) in [7, 11) is 3.69. The zero-order valence-electron chi connectivity index (χ0n) is 13.3. The number of rotatable bonds is 6. The summed E-state index contributed by atoms with van der Waals surface area (Å²) in [5.74, 6) is 1.39. The average molecular weight is 293 g/mol. The Labute approximate surface area is 124 Å². The van der Waals surface area contributed by atoms with E-state index in [-0.39, 0.29) is 5.60 Å². The summed E-state index contributed by atoms with van der Waals surface area (Å²) >= 11 is 0. The molecule has 0 saturated carbocycles. The monoisotopic (exact) mass is 293 g/mol. The van der Waals surface area contributed by atoms with Crippen molar-refractivity contribution >= 4 is 16.9 Å². The van der Waals surface area contributed by atoms with E-state index < -0.39 is 0 Å². The lowest BCUT2D eigenvalue weighted by molar-refractivity contribution is -0.0383. The van der Waals surface area contributed by atoms with Crippen molar-refractivity contribution < 1.29 is 9.47 Å². The topological polar surface area (TPSA) is 74.1 Å². The Hall–Kier alpha value is -1.73. The summed E-state index contributed by atoms with van der Waals surface area (Å²) < 4.78 is 12.9. The molecule has 0 radical (unpaired) electrons. The fraction of sp³-hybridized carbons (Fsp3) is 0.643. The number of aryl methyl sites for hydroxylation is 1. The molecule has 0 aromatic carbocycles. The Bertz CT molecular complexity index is 603. The van der Waals surface area contributed by atoms with Crippen LogP contribution in [-0.4, -0.2) is 45.6 Å². The normalized spacial score (nSPS) is 12.0. The highest BCUT2D eigenvalue weighted by atomic mass is 16.5. The van der Waals surface area contributed by atoms with Crippen molar-refractivity contribution in [2.75, 3.05) is 25.6 Å². The molecule has 21 heavy (non-hydrogen) atoms. The van der Waals surface area contributed by atoms with Crippen LogP contribution in [0.4, 0.5) is 5.82 Å². The molecule has 0 aliphatic heterocycles. The average Bonchev–Trinajstić information content (AvgIpc) is 2.78. The summed E-state index contributed by atoms with van der Waals surface area (Å²) in [4.78, 5) is 8.91. The lowest BCUT2D eigenvalue weighted by Crippen LogP contribution is -2.21. The number of aromatic nitrogens is 4. The predicted molar refractivity (Wildman–Crippen MR) is 81.2 cm³/mol. The van der Waals surface area contributed by atoms with Gasteiger partial charge in [0.1, 0.15) is 12.4 Å².